The first-order valence-corrected chi connectivity index (χ1v) is 4.98. The van der Waals surface area contributed by atoms with Gasteiger partial charge in [-0.25, -0.2) is 0 Å². The van der Waals surface area contributed by atoms with Crippen molar-refractivity contribution in [1.29, 1.82) is 0 Å². The largest absolute Gasteiger partial charge is 0.467 e. The van der Waals surface area contributed by atoms with Crippen LogP contribution in [0.2, 0.25) is 0 Å². The minimum Gasteiger partial charge on any atom is -0.467 e. The quantitative estimate of drug-likeness (QED) is 0.746. The van der Waals surface area contributed by atoms with Crippen LogP contribution in [-0.4, -0.2) is 24.4 Å². The van der Waals surface area contributed by atoms with E-state index in [2.05, 4.69) is 5.32 Å². The minimum atomic E-state index is -4.11. The fourth-order valence-corrected chi connectivity index (χ4v) is 1.23. The van der Waals surface area contributed by atoms with E-state index in [1.807, 2.05) is 0 Å². The van der Waals surface area contributed by atoms with Crippen molar-refractivity contribution in [3.8, 4) is 0 Å². The zero-order chi connectivity index (χ0) is 12.0. The first kappa shape index (κ1) is 13.1. The number of hydrogen-bond acceptors (Lipinski definition) is 3. The maximum Gasteiger partial charge on any atom is 0.389 e. The van der Waals surface area contributed by atoms with Gasteiger partial charge in [-0.05, 0) is 25.1 Å². The summed E-state index contributed by atoms with van der Waals surface area (Å²) in [5.41, 5.74) is 0. The molecule has 1 aromatic rings. The number of aliphatic hydroxyl groups is 1. The number of alkyl halides is 3. The van der Waals surface area contributed by atoms with Crippen molar-refractivity contribution < 1.29 is 22.7 Å². The number of hydrogen-bond donors (Lipinski definition) is 2. The second-order valence-corrected chi connectivity index (χ2v) is 3.45. The molecule has 0 aliphatic heterocycles. The van der Waals surface area contributed by atoms with Crippen molar-refractivity contribution in [3.63, 3.8) is 0 Å². The van der Waals surface area contributed by atoms with Crippen molar-refractivity contribution >= 4 is 0 Å². The zero-order valence-corrected chi connectivity index (χ0v) is 8.63. The molecule has 0 fully saturated rings. The number of halogens is 3. The van der Waals surface area contributed by atoms with E-state index in [1.165, 1.54) is 6.26 Å². The van der Waals surface area contributed by atoms with Crippen LogP contribution in [0.1, 0.15) is 24.7 Å². The third-order valence-electron chi connectivity index (χ3n) is 2.02. The first-order chi connectivity index (χ1) is 7.49. The molecule has 0 saturated heterocycles. The molecule has 1 atom stereocenters. The van der Waals surface area contributed by atoms with Gasteiger partial charge in [0.2, 0.25) is 0 Å². The molecule has 16 heavy (non-hydrogen) atoms. The van der Waals surface area contributed by atoms with Crippen molar-refractivity contribution in [1.82, 2.24) is 5.32 Å². The Balaban J connectivity index is 2.08. The molecule has 92 valence electrons. The monoisotopic (exact) mass is 237 g/mol. The second kappa shape index (κ2) is 5.91. The molecule has 3 nitrogen and oxygen atoms in total. The van der Waals surface area contributed by atoms with Crippen LogP contribution in [0, 0.1) is 0 Å². The average Bonchev–Trinajstić information content (AvgIpc) is 2.67. The number of furan rings is 1. The Bertz CT molecular complexity index is 285. The van der Waals surface area contributed by atoms with E-state index in [4.69, 9.17) is 4.42 Å². The fraction of sp³-hybridized carbons (Fsp3) is 0.600. The Morgan fingerprint density at radius 1 is 1.44 bits per heavy atom. The summed E-state index contributed by atoms with van der Waals surface area (Å²) in [6.07, 6.45) is -4.30. The number of aliphatic hydroxyl groups excluding tert-OH is 1. The Labute approximate surface area is 91.3 Å². The molecule has 0 saturated carbocycles. The first-order valence-electron chi connectivity index (χ1n) is 4.98. The van der Waals surface area contributed by atoms with E-state index in [1.54, 1.807) is 12.1 Å². The summed E-state index contributed by atoms with van der Waals surface area (Å²) >= 11 is 0. The summed E-state index contributed by atoms with van der Waals surface area (Å²) in [5, 5.41) is 12.2. The predicted octanol–water partition coefficient (Wildman–Crippen LogP) is 2.25. The molecule has 0 aliphatic rings. The average molecular weight is 237 g/mol. The van der Waals surface area contributed by atoms with Gasteiger partial charge >= 0.3 is 6.18 Å². The van der Waals surface area contributed by atoms with Gasteiger partial charge in [-0.15, -0.1) is 0 Å². The Hall–Kier alpha value is -1.01. The third kappa shape index (κ3) is 5.18. The smallest absolute Gasteiger partial charge is 0.389 e. The van der Waals surface area contributed by atoms with Crippen molar-refractivity contribution in [2.75, 3.05) is 13.1 Å². The van der Waals surface area contributed by atoms with Gasteiger partial charge in [0.25, 0.3) is 0 Å². The van der Waals surface area contributed by atoms with E-state index >= 15 is 0 Å². The minimum absolute atomic E-state index is 0.00831. The second-order valence-electron chi connectivity index (χ2n) is 3.45. The van der Waals surface area contributed by atoms with E-state index in [0.717, 1.165) is 0 Å². The van der Waals surface area contributed by atoms with Gasteiger partial charge < -0.3 is 14.8 Å². The molecule has 1 unspecified atom stereocenters. The van der Waals surface area contributed by atoms with Gasteiger partial charge in [0.05, 0.1) is 6.26 Å². The molecule has 6 heteroatoms. The molecule has 1 aromatic heterocycles. The van der Waals surface area contributed by atoms with E-state index in [0.29, 0.717) is 5.76 Å². The van der Waals surface area contributed by atoms with Crippen LogP contribution in [0.3, 0.4) is 0 Å². The molecule has 0 aliphatic carbocycles. The van der Waals surface area contributed by atoms with Gasteiger partial charge in [0.1, 0.15) is 11.9 Å². The molecular weight excluding hydrogens is 223 g/mol. The van der Waals surface area contributed by atoms with Crippen LogP contribution in [0.15, 0.2) is 22.8 Å². The lowest BCUT2D eigenvalue weighted by atomic mass is 10.2. The van der Waals surface area contributed by atoms with Crippen LogP contribution in [0.5, 0.6) is 0 Å². The molecule has 2 N–H and O–H groups in total. The lowest BCUT2D eigenvalue weighted by Crippen LogP contribution is -2.23. The molecule has 0 aromatic carbocycles. The lowest BCUT2D eigenvalue weighted by molar-refractivity contribution is -0.135. The highest BCUT2D eigenvalue weighted by Gasteiger charge is 2.25. The number of nitrogens with one attached hydrogen (secondary N) is 1. The van der Waals surface area contributed by atoms with Gasteiger partial charge in [-0.1, -0.05) is 0 Å². The normalized spacial score (nSPS) is 14.0. The van der Waals surface area contributed by atoms with Gasteiger partial charge in [-0.3, -0.25) is 0 Å². The molecule has 1 rings (SSSR count). The highest BCUT2D eigenvalue weighted by atomic mass is 19.4. The summed E-state index contributed by atoms with van der Waals surface area (Å²) in [7, 11) is 0. The molecule has 0 bridgehead atoms. The summed E-state index contributed by atoms with van der Waals surface area (Å²) < 4.78 is 40.3. The molecule has 1 heterocycles. The van der Waals surface area contributed by atoms with Crippen molar-refractivity contribution in [2.45, 2.75) is 25.1 Å². The van der Waals surface area contributed by atoms with Gasteiger partial charge in [-0.2, -0.15) is 13.2 Å². The Kier molecular flexibility index (Phi) is 4.82. The van der Waals surface area contributed by atoms with Crippen molar-refractivity contribution in [3.05, 3.63) is 24.2 Å². The summed E-state index contributed by atoms with van der Waals surface area (Å²) in [6, 6.07) is 3.25. The number of rotatable bonds is 6. The van der Waals surface area contributed by atoms with Crippen LogP contribution in [0.4, 0.5) is 13.2 Å². The standard InChI is InChI=1S/C10H14F3NO2/c11-10(12,13)4-2-5-14-7-8(15)9-3-1-6-16-9/h1,3,6,8,14-15H,2,4-5,7H2. The topological polar surface area (TPSA) is 45.4 Å². The summed E-state index contributed by atoms with van der Waals surface area (Å²) in [5.74, 6) is 0.406. The maximum atomic E-state index is 11.8. The van der Waals surface area contributed by atoms with Crippen molar-refractivity contribution in [2.24, 2.45) is 0 Å². The zero-order valence-electron chi connectivity index (χ0n) is 8.63. The summed E-state index contributed by atoms with van der Waals surface area (Å²) in [6.45, 7) is 0.405. The van der Waals surface area contributed by atoms with Gasteiger partial charge in [0.15, 0.2) is 0 Å². The summed E-state index contributed by atoms with van der Waals surface area (Å²) in [4.78, 5) is 0. The highest BCUT2D eigenvalue weighted by Crippen LogP contribution is 2.20. The SMILES string of the molecule is OC(CNCCCC(F)(F)F)c1ccco1. The van der Waals surface area contributed by atoms with Gasteiger partial charge in [0, 0.05) is 13.0 Å². The lowest BCUT2D eigenvalue weighted by Gasteiger charge is -2.10. The van der Waals surface area contributed by atoms with Crippen LogP contribution in [0.25, 0.3) is 0 Å². The van der Waals surface area contributed by atoms with Crippen LogP contribution >= 0.6 is 0 Å². The third-order valence-corrected chi connectivity index (χ3v) is 2.02. The Morgan fingerprint density at radius 3 is 2.75 bits per heavy atom. The molecular formula is C10H14F3NO2. The highest BCUT2D eigenvalue weighted by molar-refractivity contribution is 5.01. The van der Waals surface area contributed by atoms with E-state index < -0.39 is 18.7 Å². The van der Waals surface area contributed by atoms with E-state index in [-0.39, 0.29) is 19.5 Å². The van der Waals surface area contributed by atoms with Crippen LogP contribution in [-0.2, 0) is 0 Å². The molecule has 0 radical (unpaired) electrons. The van der Waals surface area contributed by atoms with E-state index in [9.17, 15) is 18.3 Å². The predicted molar refractivity (Wildman–Crippen MR) is 51.8 cm³/mol. The molecule has 0 spiro atoms. The molecule has 0 amide bonds. The Morgan fingerprint density at radius 2 is 2.19 bits per heavy atom. The fourth-order valence-electron chi connectivity index (χ4n) is 1.23. The maximum absolute atomic E-state index is 11.8. The van der Waals surface area contributed by atoms with Crippen LogP contribution < -0.4 is 5.32 Å².